The normalized spacial score (nSPS) is 10.1. The second-order valence-electron chi connectivity index (χ2n) is 4.86. The van der Waals surface area contributed by atoms with E-state index < -0.39 is 4.92 Å². The van der Waals surface area contributed by atoms with Gasteiger partial charge < -0.3 is 16.4 Å². The van der Waals surface area contributed by atoms with Crippen molar-refractivity contribution in [1.82, 2.24) is 4.98 Å². The fourth-order valence-electron chi connectivity index (χ4n) is 1.93. The molecule has 0 aliphatic carbocycles. The van der Waals surface area contributed by atoms with Gasteiger partial charge in [0.15, 0.2) is 0 Å². The summed E-state index contributed by atoms with van der Waals surface area (Å²) in [6.45, 7) is 0.879. The third kappa shape index (κ3) is 4.95. The molecule has 23 heavy (non-hydrogen) atoms. The van der Waals surface area contributed by atoms with Crippen LogP contribution in [0.15, 0.2) is 42.5 Å². The fraction of sp³-hybridized carbons (Fsp3) is 0.200. The van der Waals surface area contributed by atoms with Crippen molar-refractivity contribution >= 4 is 23.2 Å². The first-order chi connectivity index (χ1) is 11.1. The average molecular weight is 314 g/mol. The number of hydrogen-bond acceptors (Lipinski definition) is 6. The number of nitro groups is 1. The van der Waals surface area contributed by atoms with Crippen LogP contribution in [0.2, 0.25) is 0 Å². The van der Waals surface area contributed by atoms with E-state index >= 15 is 0 Å². The topological polar surface area (TPSA) is 130 Å². The van der Waals surface area contributed by atoms with E-state index in [2.05, 4.69) is 15.6 Å². The highest BCUT2D eigenvalue weighted by molar-refractivity contribution is 5.77. The van der Waals surface area contributed by atoms with Gasteiger partial charge in [0.1, 0.15) is 5.82 Å². The van der Waals surface area contributed by atoms with Gasteiger partial charge in [0.05, 0.1) is 10.8 Å². The van der Waals surface area contributed by atoms with Crippen LogP contribution >= 0.6 is 0 Å². The van der Waals surface area contributed by atoms with Gasteiger partial charge in [0.2, 0.25) is 5.82 Å². The van der Waals surface area contributed by atoms with Crippen LogP contribution in [0.3, 0.4) is 0 Å². The van der Waals surface area contributed by atoms with Crippen LogP contribution in [0.25, 0.3) is 0 Å². The lowest BCUT2D eigenvalue weighted by molar-refractivity contribution is -0.384. The lowest BCUT2D eigenvalue weighted by atomic mass is 10.2. The van der Waals surface area contributed by atoms with Crippen molar-refractivity contribution < 1.29 is 4.92 Å². The Balaban J connectivity index is 2.10. The molecule has 0 radical (unpaired) electrons. The third-order valence-electron chi connectivity index (χ3n) is 3.07. The highest BCUT2D eigenvalue weighted by atomic mass is 16.6. The summed E-state index contributed by atoms with van der Waals surface area (Å²) in [5.74, 6) is 0.765. The lowest BCUT2D eigenvalue weighted by Crippen LogP contribution is -2.16. The standard InChI is InChI=1S/C15H18N6O2/c16-13(17)8-9-18-14-7-6-12(21(22)23)15(20-14)19-10-11-4-2-1-3-5-11/h1-7H,8-10H2,(H3,16,17)(H2,18,19,20). The Kier molecular flexibility index (Phi) is 5.45. The van der Waals surface area contributed by atoms with E-state index in [0.717, 1.165) is 5.56 Å². The van der Waals surface area contributed by atoms with Crippen LogP contribution < -0.4 is 16.4 Å². The van der Waals surface area contributed by atoms with Gasteiger partial charge in [-0.15, -0.1) is 0 Å². The molecule has 8 nitrogen and oxygen atoms in total. The summed E-state index contributed by atoms with van der Waals surface area (Å²) in [6.07, 6.45) is 0.380. The van der Waals surface area contributed by atoms with Crippen molar-refractivity contribution in [1.29, 1.82) is 5.41 Å². The predicted molar refractivity (Wildman–Crippen MR) is 89.7 cm³/mol. The number of aromatic nitrogens is 1. The smallest absolute Gasteiger partial charge is 0.311 e. The first kappa shape index (κ1) is 16.2. The molecule has 0 amide bonds. The Morgan fingerprint density at radius 1 is 1.22 bits per heavy atom. The molecule has 1 heterocycles. The van der Waals surface area contributed by atoms with Crippen LogP contribution in [0.1, 0.15) is 12.0 Å². The molecule has 0 aliphatic heterocycles. The molecule has 0 saturated carbocycles. The predicted octanol–water partition coefficient (Wildman–Crippen LogP) is 2.34. The molecular weight excluding hydrogens is 296 g/mol. The zero-order valence-corrected chi connectivity index (χ0v) is 12.5. The van der Waals surface area contributed by atoms with Gasteiger partial charge in [-0.25, -0.2) is 4.98 Å². The monoisotopic (exact) mass is 314 g/mol. The summed E-state index contributed by atoms with van der Waals surface area (Å²) in [7, 11) is 0. The van der Waals surface area contributed by atoms with Crippen molar-refractivity contribution in [2.75, 3.05) is 17.2 Å². The van der Waals surface area contributed by atoms with E-state index in [1.54, 1.807) is 0 Å². The molecule has 2 rings (SSSR count). The number of amidine groups is 1. The Morgan fingerprint density at radius 2 is 1.96 bits per heavy atom. The Bertz CT molecular complexity index is 690. The summed E-state index contributed by atoms with van der Waals surface area (Å²) in [5, 5.41) is 24.3. The van der Waals surface area contributed by atoms with Gasteiger partial charge in [-0.3, -0.25) is 15.5 Å². The highest BCUT2D eigenvalue weighted by Gasteiger charge is 2.15. The zero-order valence-electron chi connectivity index (χ0n) is 12.5. The maximum atomic E-state index is 11.1. The SMILES string of the molecule is N=C(N)CCNc1ccc([N+](=O)[O-])c(NCc2ccccc2)n1. The lowest BCUT2D eigenvalue weighted by Gasteiger charge is -2.09. The second-order valence-corrected chi connectivity index (χ2v) is 4.86. The van der Waals surface area contributed by atoms with Crippen LogP contribution in [-0.4, -0.2) is 22.3 Å². The molecule has 8 heteroatoms. The molecule has 0 bridgehead atoms. The molecule has 0 unspecified atom stereocenters. The molecule has 0 fully saturated rings. The molecule has 0 aliphatic rings. The van der Waals surface area contributed by atoms with E-state index in [-0.39, 0.29) is 17.3 Å². The molecule has 120 valence electrons. The number of nitrogens with zero attached hydrogens (tertiary/aromatic N) is 2. The quantitative estimate of drug-likeness (QED) is 0.256. The van der Waals surface area contributed by atoms with Crippen LogP contribution in [0, 0.1) is 15.5 Å². The molecule has 0 saturated heterocycles. The number of rotatable bonds is 8. The summed E-state index contributed by atoms with van der Waals surface area (Å²) in [4.78, 5) is 14.9. The number of benzene rings is 1. The maximum absolute atomic E-state index is 11.1. The molecular formula is C15H18N6O2. The van der Waals surface area contributed by atoms with E-state index in [4.69, 9.17) is 11.1 Å². The first-order valence-electron chi connectivity index (χ1n) is 7.06. The minimum atomic E-state index is -0.473. The van der Waals surface area contributed by atoms with E-state index in [1.165, 1.54) is 12.1 Å². The Labute approximate surface area is 133 Å². The van der Waals surface area contributed by atoms with Crippen molar-refractivity contribution in [2.45, 2.75) is 13.0 Å². The van der Waals surface area contributed by atoms with Crippen molar-refractivity contribution in [3.63, 3.8) is 0 Å². The second kappa shape index (κ2) is 7.74. The molecule has 2 aromatic rings. The highest BCUT2D eigenvalue weighted by Crippen LogP contribution is 2.24. The van der Waals surface area contributed by atoms with Crippen LogP contribution in [-0.2, 0) is 6.54 Å². The van der Waals surface area contributed by atoms with Gasteiger partial charge in [0, 0.05) is 25.6 Å². The van der Waals surface area contributed by atoms with Gasteiger partial charge in [-0.2, -0.15) is 0 Å². The van der Waals surface area contributed by atoms with E-state index in [9.17, 15) is 10.1 Å². The Morgan fingerprint density at radius 3 is 2.61 bits per heavy atom. The molecule has 5 N–H and O–H groups in total. The number of hydrogen-bond donors (Lipinski definition) is 4. The number of anilines is 2. The summed E-state index contributed by atoms with van der Waals surface area (Å²) in [6, 6.07) is 12.5. The largest absolute Gasteiger partial charge is 0.388 e. The van der Waals surface area contributed by atoms with Crippen LogP contribution in [0.4, 0.5) is 17.3 Å². The third-order valence-corrected chi connectivity index (χ3v) is 3.07. The minimum absolute atomic E-state index is 0.0711. The number of nitrogens with one attached hydrogen (secondary N) is 3. The molecule has 1 aromatic heterocycles. The zero-order chi connectivity index (χ0) is 16.7. The average Bonchev–Trinajstić information content (AvgIpc) is 2.53. The van der Waals surface area contributed by atoms with Gasteiger partial charge >= 0.3 is 5.69 Å². The number of nitrogens with two attached hydrogens (primary N) is 1. The van der Waals surface area contributed by atoms with Crippen molar-refractivity contribution in [3.05, 3.63) is 58.1 Å². The maximum Gasteiger partial charge on any atom is 0.311 e. The minimum Gasteiger partial charge on any atom is -0.388 e. The summed E-state index contributed by atoms with van der Waals surface area (Å²) >= 11 is 0. The summed E-state index contributed by atoms with van der Waals surface area (Å²) < 4.78 is 0. The van der Waals surface area contributed by atoms with Crippen LogP contribution in [0.5, 0.6) is 0 Å². The van der Waals surface area contributed by atoms with Crippen molar-refractivity contribution in [3.8, 4) is 0 Å². The van der Waals surface area contributed by atoms with Crippen molar-refractivity contribution in [2.24, 2.45) is 5.73 Å². The summed E-state index contributed by atoms with van der Waals surface area (Å²) in [5.41, 5.74) is 6.20. The molecule has 0 atom stereocenters. The molecule has 1 aromatic carbocycles. The van der Waals surface area contributed by atoms with Gasteiger partial charge in [-0.1, -0.05) is 30.3 Å². The Hall–Kier alpha value is -3.16. The van der Waals surface area contributed by atoms with Gasteiger partial charge in [0.25, 0.3) is 0 Å². The number of pyridine rings is 1. The van der Waals surface area contributed by atoms with E-state index in [1.807, 2.05) is 30.3 Å². The van der Waals surface area contributed by atoms with E-state index in [0.29, 0.717) is 25.3 Å². The molecule has 0 spiro atoms. The first-order valence-corrected chi connectivity index (χ1v) is 7.06. The van der Waals surface area contributed by atoms with Gasteiger partial charge in [-0.05, 0) is 11.6 Å². The fourth-order valence-corrected chi connectivity index (χ4v) is 1.93.